The summed E-state index contributed by atoms with van der Waals surface area (Å²) in [5.74, 6) is 1.88. The van der Waals surface area contributed by atoms with Gasteiger partial charge in [0, 0.05) is 47.8 Å². The quantitative estimate of drug-likeness (QED) is 0.350. The van der Waals surface area contributed by atoms with Gasteiger partial charge in [-0.1, -0.05) is 23.2 Å². The van der Waals surface area contributed by atoms with E-state index in [1.807, 2.05) is 42.2 Å². The number of rotatable bonds is 3. The van der Waals surface area contributed by atoms with Crippen molar-refractivity contribution in [2.75, 3.05) is 13.1 Å². The molecule has 2 aromatic heterocycles. The molecule has 32 heavy (non-hydrogen) atoms. The maximum atomic E-state index is 13.3. The lowest BCUT2D eigenvalue weighted by Crippen LogP contribution is -2.38. The molecule has 1 aliphatic heterocycles. The standard InChI is InChI=1S/C27H27ClN2O2/c1-17-4-9-25-23(14-17)24(16-29(25)3)19-10-12-30(13-11-19)27(31)22-15-26(32-18(22)2)20-5-7-21(28)8-6-20/h4-9,14-16,19H,10-13H2,1-3H3. The van der Waals surface area contributed by atoms with Crippen LogP contribution in [0.4, 0.5) is 0 Å². The number of aryl methyl sites for hydroxylation is 3. The van der Waals surface area contributed by atoms with Gasteiger partial charge in [0.15, 0.2) is 0 Å². The molecule has 0 saturated carbocycles. The van der Waals surface area contributed by atoms with E-state index < -0.39 is 0 Å². The number of halogens is 1. The second kappa shape index (κ2) is 8.18. The number of likely N-dealkylation sites (tertiary alicyclic amines) is 1. The van der Waals surface area contributed by atoms with E-state index in [-0.39, 0.29) is 5.91 Å². The Morgan fingerprint density at radius 2 is 1.75 bits per heavy atom. The van der Waals surface area contributed by atoms with Crippen molar-refractivity contribution in [3.8, 4) is 11.3 Å². The van der Waals surface area contributed by atoms with Crippen molar-refractivity contribution in [2.45, 2.75) is 32.6 Å². The summed E-state index contributed by atoms with van der Waals surface area (Å²) in [5, 5.41) is 2.02. The second-order valence-electron chi connectivity index (χ2n) is 8.87. The van der Waals surface area contributed by atoms with E-state index in [4.69, 9.17) is 16.0 Å². The maximum Gasteiger partial charge on any atom is 0.257 e. The van der Waals surface area contributed by atoms with Gasteiger partial charge >= 0.3 is 0 Å². The number of benzene rings is 2. The largest absolute Gasteiger partial charge is 0.461 e. The third-order valence-corrected chi connectivity index (χ3v) is 6.93. The average Bonchev–Trinajstić information content (AvgIpc) is 3.33. The van der Waals surface area contributed by atoms with Crippen molar-refractivity contribution in [3.63, 3.8) is 0 Å². The van der Waals surface area contributed by atoms with Gasteiger partial charge < -0.3 is 13.9 Å². The molecule has 1 fully saturated rings. The number of amides is 1. The summed E-state index contributed by atoms with van der Waals surface area (Å²) < 4.78 is 8.13. The molecule has 164 valence electrons. The van der Waals surface area contributed by atoms with Crippen molar-refractivity contribution in [3.05, 3.63) is 82.2 Å². The zero-order chi connectivity index (χ0) is 22.4. The Hall–Kier alpha value is -2.98. The van der Waals surface area contributed by atoms with Gasteiger partial charge in [-0.2, -0.15) is 0 Å². The summed E-state index contributed by atoms with van der Waals surface area (Å²) in [4.78, 5) is 15.2. The fraction of sp³-hybridized carbons (Fsp3) is 0.296. The van der Waals surface area contributed by atoms with Crippen LogP contribution in [0.2, 0.25) is 5.02 Å². The van der Waals surface area contributed by atoms with Crippen LogP contribution < -0.4 is 0 Å². The number of carbonyl (C=O) groups is 1. The summed E-state index contributed by atoms with van der Waals surface area (Å²) >= 11 is 5.99. The third-order valence-electron chi connectivity index (χ3n) is 6.67. The van der Waals surface area contributed by atoms with E-state index in [2.05, 4.69) is 42.9 Å². The Morgan fingerprint density at radius 1 is 1.03 bits per heavy atom. The van der Waals surface area contributed by atoms with Gasteiger partial charge in [-0.05, 0) is 80.6 Å². The average molecular weight is 447 g/mol. The van der Waals surface area contributed by atoms with Crippen LogP contribution >= 0.6 is 11.6 Å². The first-order valence-corrected chi connectivity index (χ1v) is 11.5. The second-order valence-corrected chi connectivity index (χ2v) is 9.31. The van der Waals surface area contributed by atoms with Gasteiger partial charge in [0.2, 0.25) is 0 Å². The van der Waals surface area contributed by atoms with E-state index in [0.717, 1.165) is 31.5 Å². The van der Waals surface area contributed by atoms with Crippen molar-refractivity contribution in [2.24, 2.45) is 7.05 Å². The highest BCUT2D eigenvalue weighted by Gasteiger charge is 2.28. The monoisotopic (exact) mass is 446 g/mol. The Bertz CT molecular complexity index is 1290. The highest BCUT2D eigenvalue weighted by atomic mass is 35.5. The van der Waals surface area contributed by atoms with Crippen molar-refractivity contribution in [1.29, 1.82) is 0 Å². The molecule has 1 aliphatic rings. The molecule has 0 bridgehead atoms. The first-order valence-electron chi connectivity index (χ1n) is 11.1. The predicted octanol–water partition coefficient (Wildman–Crippen LogP) is 6.73. The van der Waals surface area contributed by atoms with Crippen LogP contribution in [0.5, 0.6) is 0 Å². The zero-order valence-corrected chi connectivity index (χ0v) is 19.4. The molecule has 4 aromatic rings. The molecule has 0 radical (unpaired) electrons. The lowest BCUT2D eigenvalue weighted by molar-refractivity contribution is 0.0711. The summed E-state index contributed by atoms with van der Waals surface area (Å²) in [5.41, 5.74) is 5.52. The van der Waals surface area contributed by atoms with E-state index in [0.29, 0.717) is 28.0 Å². The molecule has 1 saturated heterocycles. The summed E-state index contributed by atoms with van der Waals surface area (Å²) in [7, 11) is 2.11. The molecular formula is C27H27ClN2O2. The molecule has 0 spiro atoms. The summed E-state index contributed by atoms with van der Waals surface area (Å²) in [6.45, 7) is 5.51. The molecule has 0 aliphatic carbocycles. The Balaban J connectivity index is 1.32. The molecule has 0 N–H and O–H groups in total. The normalized spacial score (nSPS) is 14.9. The first-order chi connectivity index (χ1) is 15.4. The van der Waals surface area contributed by atoms with Crippen molar-refractivity contribution in [1.82, 2.24) is 9.47 Å². The molecule has 0 unspecified atom stereocenters. The SMILES string of the molecule is Cc1ccc2c(c1)c(C1CCN(C(=O)c3cc(-c4ccc(Cl)cc4)oc3C)CC1)cn2C. The highest BCUT2D eigenvalue weighted by molar-refractivity contribution is 6.30. The highest BCUT2D eigenvalue weighted by Crippen LogP contribution is 2.35. The van der Waals surface area contributed by atoms with Crippen LogP contribution in [0, 0.1) is 13.8 Å². The van der Waals surface area contributed by atoms with Gasteiger partial charge in [-0.15, -0.1) is 0 Å². The van der Waals surface area contributed by atoms with Gasteiger partial charge in [0.05, 0.1) is 5.56 Å². The Labute approximate surface area is 193 Å². The van der Waals surface area contributed by atoms with Crippen LogP contribution in [0.25, 0.3) is 22.2 Å². The first kappa shape index (κ1) is 20.9. The minimum absolute atomic E-state index is 0.0543. The van der Waals surface area contributed by atoms with Crippen LogP contribution in [0.15, 0.2) is 59.1 Å². The number of nitrogens with zero attached hydrogens (tertiary/aromatic N) is 2. The third kappa shape index (κ3) is 3.73. The number of hydrogen-bond donors (Lipinski definition) is 0. The van der Waals surface area contributed by atoms with Crippen LogP contribution in [-0.2, 0) is 7.05 Å². The molecule has 5 heteroatoms. The number of hydrogen-bond acceptors (Lipinski definition) is 2. The van der Waals surface area contributed by atoms with E-state index >= 15 is 0 Å². The molecular weight excluding hydrogens is 420 g/mol. The topological polar surface area (TPSA) is 38.4 Å². The summed E-state index contributed by atoms with van der Waals surface area (Å²) in [6.07, 6.45) is 4.21. The molecule has 3 heterocycles. The van der Waals surface area contributed by atoms with Gasteiger partial charge in [-0.3, -0.25) is 4.79 Å². The molecule has 0 atom stereocenters. The van der Waals surface area contributed by atoms with Gasteiger partial charge in [0.1, 0.15) is 11.5 Å². The smallest absolute Gasteiger partial charge is 0.257 e. The number of aromatic nitrogens is 1. The minimum atomic E-state index is 0.0543. The van der Waals surface area contributed by atoms with E-state index in [9.17, 15) is 4.79 Å². The fourth-order valence-corrected chi connectivity index (χ4v) is 5.00. The Morgan fingerprint density at radius 3 is 2.47 bits per heavy atom. The zero-order valence-electron chi connectivity index (χ0n) is 18.7. The summed E-state index contributed by atoms with van der Waals surface area (Å²) in [6, 6.07) is 16.0. The van der Waals surface area contributed by atoms with Crippen molar-refractivity contribution < 1.29 is 9.21 Å². The van der Waals surface area contributed by atoms with Crippen LogP contribution in [0.1, 0.15) is 46.0 Å². The van der Waals surface area contributed by atoms with Crippen LogP contribution in [0.3, 0.4) is 0 Å². The van der Waals surface area contributed by atoms with Crippen molar-refractivity contribution >= 4 is 28.4 Å². The maximum absolute atomic E-state index is 13.3. The minimum Gasteiger partial charge on any atom is -0.461 e. The molecule has 2 aromatic carbocycles. The predicted molar refractivity (Wildman–Crippen MR) is 129 cm³/mol. The molecule has 4 nitrogen and oxygen atoms in total. The van der Waals surface area contributed by atoms with Crippen LogP contribution in [-0.4, -0.2) is 28.5 Å². The number of furan rings is 1. The number of carbonyl (C=O) groups excluding carboxylic acids is 1. The number of piperidine rings is 1. The lowest BCUT2D eigenvalue weighted by Gasteiger charge is -2.32. The molecule has 5 rings (SSSR count). The fourth-order valence-electron chi connectivity index (χ4n) is 4.88. The van der Waals surface area contributed by atoms with E-state index in [1.54, 1.807) is 0 Å². The lowest BCUT2D eigenvalue weighted by atomic mass is 9.88. The molecule has 1 amide bonds. The Kier molecular flexibility index (Phi) is 5.34. The van der Waals surface area contributed by atoms with Gasteiger partial charge in [-0.25, -0.2) is 0 Å². The van der Waals surface area contributed by atoms with E-state index in [1.165, 1.54) is 22.0 Å². The van der Waals surface area contributed by atoms with Gasteiger partial charge in [0.25, 0.3) is 5.91 Å². The number of fused-ring (bicyclic) bond motifs is 1.